The van der Waals surface area contributed by atoms with Gasteiger partial charge in [-0.15, -0.1) is 12.4 Å². The lowest BCUT2D eigenvalue weighted by atomic mass is 9.92. The molecule has 0 fully saturated rings. The van der Waals surface area contributed by atoms with E-state index in [-0.39, 0.29) is 29.4 Å². The van der Waals surface area contributed by atoms with E-state index in [9.17, 15) is 9.59 Å². The Balaban J connectivity index is 0.00000289. The molecule has 4 N–H and O–H groups in total. The molecule has 0 radical (unpaired) electrons. The van der Waals surface area contributed by atoms with Crippen LogP contribution in [0.2, 0.25) is 0 Å². The van der Waals surface area contributed by atoms with E-state index in [4.69, 9.17) is 5.73 Å². The molecule has 0 aliphatic rings. The molecule has 1 heterocycles. The highest BCUT2D eigenvalue weighted by atomic mass is 35.5. The summed E-state index contributed by atoms with van der Waals surface area (Å²) in [7, 11) is 0. The molecule has 0 saturated carbocycles. The Kier molecular flexibility index (Phi) is 6.65. The zero-order chi connectivity index (χ0) is 12.9. The lowest BCUT2D eigenvalue weighted by molar-refractivity contribution is 0.0895. The highest BCUT2D eigenvalue weighted by molar-refractivity contribution is 5.94. The number of carbonyl (C=O) groups is 1. The first-order valence-corrected chi connectivity index (χ1v) is 5.78. The number of carbonyl (C=O) groups excluding carboxylic acids is 1. The molecule has 0 unspecified atom stereocenters. The van der Waals surface area contributed by atoms with E-state index in [1.807, 2.05) is 13.8 Å². The van der Waals surface area contributed by atoms with Crippen molar-refractivity contribution >= 4 is 18.3 Å². The van der Waals surface area contributed by atoms with Gasteiger partial charge in [0.05, 0.1) is 5.54 Å². The van der Waals surface area contributed by atoms with Crippen LogP contribution in [-0.2, 0) is 0 Å². The molecule has 18 heavy (non-hydrogen) atoms. The Morgan fingerprint density at radius 1 is 1.44 bits per heavy atom. The molecule has 5 nitrogen and oxygen atoms in total. The summed E-state index contributed by atoms with van der Waals surface area (Å²) in [6, 6.07) is 2.85. The molecule has 1 amide bonds. The molecule has 0 atom stereocenters. The Morgan fingerprint density at radius 3 is 2.50 bits per heavy atom. The number of pyridine rings is 1. The maximum absolute atomic E-state index is 12.0. The van der Waals surface area contributed by atoms with Crippen LogP contribution in [0.4, 0.5) is 0 Å². The molecule has 0 spiro atoms. The third-order valence-corrected chi connectivity index (χ3v) is 3.16. The van der Waals surface area contributed by atoms with E-state index < -0.39 is 0 Å². The number of amides is 1. The zero-order valence-electron chi connectivity index (χ0n) is 10.7. The Hall–Kier alpha value is -1.33. The normalized spacial score (nSPS) is 10.6. The van der Waals surface area contributed by atoms with Crippen molar-refractivity contribution in [3.63, 3.8) is 0 Å². The first-order valence-electron chi connectivity index (χ1n) is 5.78. The van der Waals surface area contributed by atoms with Gasteiger partial charge in [-0.05, 0) is 18.9 Å². The minimum atomic E-state index is -0.389. The fraction of sp³-hybridized carbons (Fsp3) is 0.500. The predicted octanol–water partition coefficient (Wildman–Crippen LogP) is 1.04. The first kappa shape index (κ1) is 16.7. The molecule has 0 aromatic carbocycles. The minimum Gasteiger partial charge on any atom is -0.345 e. The van der Waals surface area contributed by atoms with Crippen molar-refractivity contribution in [3.05, 3.63) is 34.2 Å². The maximum atomic E-state index is 12.0. The van der Waals surface area contributed by atoms with Crippen molar-refractivity contribution < 1.29 is 4.79 Å². The van der Waals surface area contributed by atoms with Crippen LogP contribution in [0.15, 0.2) is 23.1 Å². The van der Waals surface area contributed by atoms with Crippen molar-refractivity contribution in [1.29, 1.82) is 0 Å². The fourth-order valence-corrected chi connectivity index (χ4v) is 1.67. The topological polar surface area (TPSA) is 88.0 Å². The third-order valence-electron chi connectivity index (χ3n) is 3.16. The number of aromatic nitrogens is 1. The average Bonchev–Trinajstić information content (AvgIpc) is 2.36. The highest BCUT2D eigenvalue weighted by Gasteiger charge is 2.26. The monoisotopic (exact) mass is 273 g/mol. The zero-order valence-corrected chi connectivity index (χ0v) is 11.5. The lowest BCUT2D eigenvalue weighted by Gasteiger charge is -2.31. The molecular formula is C12H20ClN3O2. The second-order valence-electron chi connectivity index (χ2n) is 4.09. The van der Waals surface area contributed by atoms with Gasteiger partial charge in [-0.2, -0.15) is 0 Å². The van der Waals surface area contributed by atoms with Crippen LogP contribution >= 0.6 is 12.4 Å². The fourth-order valence-electron chi connectivity index (χ4n) is 1.67. The third kappa shape index (κ3) is 3.85. The second kappa shape index (κ2) is 7.18. The van der Waals surface area contributed by atoms with E-state index in [1.54, 1.807) is 6.07 Å². The number of H-pyrrole nitrogens is 1. The van der Waals surface area contributed by atoms with E-state index in [2.05, 4.69) is 10.3 Å². The van der Waals surface area contributed by atoms with Crippen LogP contribution in [0.25, 0.3) is 0 Å². The van der Waals surface area contributed by atoms with Crippen molar-refractivity contribution in [2.45, 2.75) is 32.2 Å². The predicted molar refractivity (Wildman–Crippen MR) is 74.1 cm³/mol. The van der Waals surface area contributed by atoms with Crippen LogP contribution in [0.3, 0.4) is 0 Å². The molecule has 1 aromatic rings. The number of nitrogens with two attached hydrogens (primary N) is 1. The van der Waals surface area contributed by atoms with Crippen molar-refractivity contribution in [1.82, 2.24) is 10.3 Å². The van der Waals surface area contributed by atoms with Gasteiger partial charge in [-0.3, -0.25) is 9.59 Å². The van der Waals surface area contributed by atoms with E-state index in [1.165, 1.54) is 12.3 Å². The number of rotatable bonds is 5. The number of nitrogens with one attached hydrogen (secondary N) is 2. The van der Waals surface area contributed by atoms with Gasteiger partial charge in [0.25, 0.3) is 5.91 Å². The Labute approximate surface area is 113 Å². The molecule has 1 rings (SSSR count). The summed E-state index contributed by atoms with van der Waals surface area (Å²) in [4.78, 5) is 25.5. The summed E-state index contributed by atoms with van der Waals surface area (Å²) < 4.78 is 0. The van der Waals surface area contributed by atoms with Crippen LogP contribution in [-0.4, -0.2) is 23.0 Å². The van der Waals surface area contributed by atoms with Gasteiger partial charge in [0.15, 0.2) is 0 Å². The molecule has 0 aliphatic heterocycles. The minimum absolute atomic E-state index is 0. The first-order chi connectivity index (χ1) is 8.06. The van der Waals surface area contributed by atoms with E-state index >= 15 is 0 Å². The number of aromatic amines is 1. The molecule has 6 heteroatoms. The maximum Gasteiger partial charge on any atom is 0.252 e. The highest BCUT2D eigenvalue weighted by Crippen LogP contribution is 2.14. The van der Waals surface area contributed by atoms with Crippen LogP contribution in [0, 0.1) is 0 Å². The van der Waals surface area contributed by atoms with E-state index in [0.29, 0.717) is 12.1 Å². The number of halogens is 1. The van der Waals surface area contributed by atoms with Crippen LogP contribution in [0.5, 0.6) is 0 Å². The van der Waals surface area contributed by atoms with Crippen molar-refractivity contribution in [2.24, 2.45) is 5.73 Å². The molecule has 0 saturated heterocycles. The van der Waals surface area contributed by atoms with Crippen molar-refractivity contribution in [2.75, 3.05) is 6.54 Å². The summed E-state index contributed by atoms with van der Waals surface area (Å²) in [5.41, 5.74) is 5.38. The molecule has 0 aliphatic carbocycles. The Bertz CT molecular complexity index is 433. The van der Waals surface area contributed by atoms with Crippen LogP contribution in [0.1, 0.15) is 37.0 Å². The van der Waals surface area contributed by atoms with Gasteiger partial charge in [0.1, 0.15) is 0 Å². The lowest BCUT2D eigenvalue weighted by Crippen LogP contribution is -2.53. The Morgan fingerprint density at radius 2 is 2.06 bits per heavy atom. The second-order valence-corrected chi connectivity index (χ2v) is 4.09. The van der Waals surface area contributed by atoms with Gasteiger partial charge in [0, 0.05) is 24.4 Å². The standard InChI is InChI=1S/C12H19N3O2.ClH/c1-3-12(4-2,8-13)15-11(17)9-5-6-14-10(16)7-9;/h5-7H,3-4,8,13H2,1-2H3,(H,14,16)(H,15,17);1H. The van der Waals surface area contributed by atoms with Crippen molar-refractivity contribution in [3.8, 4) is 0 Å². The summed E-state index contributed by atoms with van der Waals surface area (Å²) >= 11 is 0. The quantitative estimate of drug-likeness (QED) is 0.749. The average molecular weight is 274 g/mol. The molecular weight excluding hydrogens is 254 g/mol. The summed E-state index contributed by atoms with van der Waals surface area (Å²) in [5.74, 6) is -0.259. The SMILES string of the molecule is CCC(CC)(CN)NC(=O)c1cc[nH]c(=O)c1.Cl. The van der Waals surface area contributed by atoms with Gasteiger partial charge < -0.3 is 16.0 Å². The van der Waals surface area contributed by atoms with Gasteiger partial charge >= 0.3 is 0 Å². The van der Waals surface area contributed by atoms with E-state index in [0.717, 1.165) is 12.8 Å². The number of hydrogen-bond donors (Lipinski definition) is 3. The number of hydrogen-bond acceptors (Lipinski definition) is 3. The molecule has 1 aromatic heterocycles. The molecule has 102 valence electrons. The van der Waals surface area contributed by atoms with Crippen LogP contribution < -0.4 is 16.6 Å². The summed E-state index contributed by atoms with van der Waals surface area (Å²) in [5, 5.41) is 2.91. The van der Waals surface area contributed by atoms with Gasteiger partial charge in [-0.25, -0.2) is 0 Å². The molecule has 0 bridgehead atoms. The van der Waals surface area contributed by atoms with Gasteiger partial charge in [-0.1, -0.05) is 13.8 Å². The smallest absolute Gasteiger partial charge is 0.252 e. The van der Waals surface area contributed by atoms with Gasteiger partial charge in [0.2, 0.25) is 5.56 Å². The summed E-state index contributed by atoms with van der Waals surface area (Å²) in [6.07, 6.45) is 2.98. The summed E-state index contributed by atoms with van der Waals surface area (Å²) in [6.45, 7) is 4.35. The largest absolute Gasteiger partial charge is 0.345 e.